The third kappa shape index (κ3) is 4.59. The van der Waals surface area contributed by atoms with E-state index in [2.05, 4.69) is 31.5 Å². The van der Waals surface area contributed by atoms with Gasteiger partial charge in [0.25, 0.3) is 5.91 Å². The van der Waals surface area contributed by atoms with E-state index in [0.717, 1.165) is 48.0 Å². The average molecular weight is 420 g/mol. The Morgan fingerprint density at radius 3 is 2.97 bits per heavy atom. The summed E-state index contributed by atoms with van der Waals surface area (Å²) < 4.78 is 1.76. The van der Waals surface area contributed by atoms with Gasteiger partial charge in [-0.15, -0.1) is 10.2 Å². The number of hydrogen-bond acceptors (Lipinski definition) is 6. The summed E-state index contributed by atoms with van der Waals surface area (Å²) in [6.07, 6.45) is 6.70. The Balaban J connectivity index is 1.58. The second-order valence-electron chi connectivity index (χ2n) is 7.95. The van der Waals surface area contributed by atoms with E-state index in [4.69, 9.17) is 5.73 Å². The van der Waals surface area contributed by atoms with Crippen molar-refractivity contribution in [2.75, 3.05) is 18.0 Å². The number of hydrogen-bond donors (Lipinski definition) is 2. The lowest BCUT2D eigenvalue weighted by Crippen LogP contribution is -2.43. The molecule has 0 bridgehead atoms. The van der Waals surface area contributed by atoms with Crippen molar-refractivity contribution in [3.8, 4) is 0 Å². The number of nitrogens with zero attached hydrogens (tertiary/aromatic N) is 5. The summed E-state index contributed by atoms with van der Waals surface area (Å²) in [6.45, 7) is 5.88. The summed E-state index contributed by atoms with van der Waals surface area (Å²) in [7, 11) is 0. The van der Waals surface area contributed by atoms with Crippen LogP contribution in [-0.4, -0.2) is 44.8 Å². The van der Waals surface area contributed by atoms with Gasteiger partial charge in [0.15, 0.2) is 0 Å². The van der Waals surface area contributed by atoms with Crippen LogP contribution in [0.15, 0.2) is 36.4 Å². The van der Waals surface area contributed by atoms with Gasteiger partial charge in [-0.05, 0) is 37.6 Å². The zero-order valence-corrected chi connectivity index (χ0v) is 18.1. The number of anilines is 1. The molecule has 1 saturated heterocycles. The summed E-state index contributed by atoms with van der Waals surface area (Å²) in [5.41, 5.74) is 7.90. The Hall–Kier alpha value is -3.26. The van der Waals surface area contributed by atoms with Crippen molar-refractivity contribution in [2.24, 2.45) is 5.73 Å². The number of nitrogens with two attached hydrogens (primary N) is 1. The Bertz CT molecular complexity index is 1100. The number of rotatable bonds is 6. The zero-order valence-electron chi connectivity index (χ0n) is 18.1. The molecule has 0 saturated carbocycles. The van der Waals surface area contributed by atoms with Crippen LogP contribution in [0.25, 0.3) is 17.0 Å². The van der Waals surface area contributed by atoms with E-state index in [1.54, 1.807) is 4.57 Å². The Morgan fingerprint density at radius 2 is 2.16 bits per heavy atom. The van der Waals surface area contributed by atoms with Gasteiger partial charge in [-0.25, -0.2) is 0 Å². The molecule has 8 heteroatoms. The van der Waals surface area contributed by atoms with Gasteiger partial charge < -0.3 is 16.0 Å². The van der Waals surface area contributed by atoms with Crippen LogP contribution in [0.2, 0.25) is 0 Å². The monoisotopic (exact) mass is 419 g/mol. The molecule has 0 spiro atoms. The lowest BCUT2D eigenvalue weighted by molar-refractivity contribution is 0.0938. The van der Waals surface area contributed by atoms with Gasteiger partial charge in [-0.1, -0.05) is 37.3 Å². The maximum atomic E-state index is 13.0. The number of aryl methyl sites for hydroxylation is 1. The van der Waals surface area contributed by atoms with Gasteiger partial charge in [0.05, 0.1) is 12.2 Å². The highest BCUT2D eigenvalue weighted by Gasteiger charge is 2.25. The predicted octanol–water partition coefficient (Wildman–Crippen LogP) is 2.87. The standard InChI is InChI=1S/C23H29N7O/c1-3-4-12-30-21(27-28-23(30)29-11-7-9-18(24)15-29)22(31)25-14-20-19-10-6-5-8-17(19)13-16(2)26-20/h4-6,8,10,12-13,18H,3,7,9,11,14-15,24H2,1-2H3,(H,25,31). The molecule has 1 unspecified atom stereocenters. The summed E-state index contributed by atoms with van der Waals surface area (Å²) >= 11 is 0. The molecule has 1 aliphatic rings. The lowest BCUT2D eigenvalue weighted by atomic mass is 10.1. The van der Waals surface area contributed by atoms with Gasteiger partial charge in [-0.2, -0.15) is 0 Å². The van der Waals surface area contributed by atoms with E-state index in [-0.39, 0.29) is 17.8 Å². The van der Waals surface area contributed by atoms with E-state index in [1.165, 1.54) is 0 Å². The molecule has 0 aliphatic carbocycles. The highest BCUT2D eigenvalue weighted by atomic mass is 16.2. The fraction of sp³-hybridized carbons (Fsp3) is 0.391. The van der Waals surface area contributed by atoms with Crippen molar-refractivity contribution in [2.45, 2.75) is 45.7 Å². The molecular weight excluding hydrogens is 390 g/mol. The van der Waals surface area contributed by atoms with Crippen molar-refractivity contribution < 1.29 is 4.79 Å². The molecule has 3 N–H and O–H groups in total. The number of carbonyl (C=O) groups excluding carboxylic acids is 1. The number of aromatic nitrogens is 4. The first-order valence-corrected chi connectivity index (χ1v) is 10.8. The molecule has 1 amide bonds. The van der Waals surface area contributed by atoms with E-state index in [0.29, 0.717) is 19.0 Å². The van der Waals surface area contributed by atoms with Crippen LogP contribution in [-0.2, 0) is 6.54 Å². The van der Waals surface area contributed by atoms with Crippen molar-refractivity contribution >= 4 is 28.8 Å². The smallest absolute Gasteiger partial charge is 0.289 e. The second-order valence-corrected chi connectivity index (χ2v) is 7.95. The number of carbonyl (C=O) groups is 1. The van der Waals surface area contributed by atoms with Crippen LogP contribution in [0, 0.1) is 6.92 Å². The predicted molar refractivity (Wildman–Crippen MR) is 123 cm³/mol. The van der Waals surface area contributed by atoms with Gasteiger partial charge in [-0.3, -0.25) is 14.3 Å². The highest BCUT2D eigenvalue weighted by molar-refractivity contribution is 5.92. The maximum Gasteiger partial charge on any atom is 0.289 e. The normalized spacial score (nSPS) is 16.9. The lowest BCUT2D eigenvalue weighted by Gasteiger charge is -2.31. The fourth-order valence-corrected chi connectivity index (χ4v) is 3.99. The minimum Gasteiger partial charge on any atom is -0.344 e. The number of piperidine rings is 1. The second kappa shape index (κ2) is 9.26. The number of allylic oxidation sites excluding steroid dienone is 1. The number of nitrogens with one attached hydrogen (secondary N) is 1. The van der Waals surface area contributed by atoms with Crippen LogP contribution in [0.4, 0.5) is 5.95 Å². The number of amides is 1. The van der Waals surface area contributed by atoms with Gasteiger partial charge in [0, 0.05) is 36.4 Å². The SMILES string of the molecule is CCC=Cn1c(C(=O)NCc2nc(C)cc3ccccc23)nnc1N1CCCC(N)C1. The van der Waals surface area contributed by atoms with Gasteiger partial charge in [0.2, 0.25) is 11.8 Å². The number of fused-ring (bicyclic) bond motifs is 1. The first-order valence-electron chi connectivity index (χ1n) is 10.8. The summed E-state index contributed by atoms with van der Waals surface area (Å²) in [5, 5.41) is 13.6. The third-order valence-corrected chi connectivity index (χ3v) is 5.48. The molecule has 1 aliphatic heterocycles. The molecular formula is C23H29N7O. The molecule has 0 radical (unpaired) electrons. The van der Waals surface area contributed by atoms with Gasteiger partial charge >= 0.3 is 0 Å². The van der Waals surface area contributed by atoms with Crippen LogP contribution >= 0.6 is 0 Å². The Labute approximate surface area is 182 Å². The first kappa shape index (κ1) is 21.0. The quantitative estimate of drug-likeness (QED) is 0.637. The summed E-state index contributed by atoms with van der Waals surface area (Å²) in [4.78, 5) is 19.8. The molecule has 4 rings (SSSR count). The van der Waals surface area contributed by atoms with Gasteiger partial charge in [0.1, 0.15) is 0 Å². The molecule has 1 fully saturated rings. The number of pyridine rings is 1. The first-order chi connectivity index (χ1) is 15.1. The number of benzene rings is 1. The molecule has 1 aromatic carbocycles. The van der Waals surface area contributed by atoms with Crippen molar-refractivity contribution in [3.63, 3.8) is 0 Å². The molecule has 3 heterocycles. The minimum atomic E-state index is -0.284. The summed E-state index contributed by atoms with van der Waals surface area (Å²) in [6, 6.07) is 10.2. The van der Waals surface area contributed by atoms with Crippen molar-refractivity contribution in [1.29, 1.82) is 0 Å². The Kier molecular flexibility index (Phi) is 6.27. The highest BCUT2D eigenvalue weighted by Crippen LogP contribution is 2.21. The molecule has 162 valence electrons. The average Bonchev–Trinajstić information content (AvgIpc) is 3.19. The minimum absolute atomic E-state index is 0.104. The van der Waals surface area contributed by atoms with Crippen molar-refractivity contribution in [3.05, 3.63) is 53.6 Å². The Morgan fingerprint density at radius 1 is 1.32 bits per heavy atom. The summed E-state index contributed by atoms with van der Waals surface area (Å²) in [5.74, 6) is 0.633. The van der Waals surface area contributed by atoms with Crippen LogP contribution < -0.4 is 16.0 Å². The van der Waals surface area contributed by atoms with Crippen LogP contribution in [0.3, 0.4) is 0 Å². The molecule has 31 heavy (non-hydrogen) atoms. The molecule has 2 aromatic heterocycles. The van der Waals surface area contributed by atoms with E-state index < -0.39 is 0 Å². The van der Waals surface area contributed by atoms with Crippen LogP contribution in [0.5, 0.6) is 0 Å². The molecule has 8 nitrogen and oxygen atoms in total. The van der Waals surface area contributed by atoms with E-state index in [9.17, 15) is 4.79 Å². The molecule has 3 aromatic rings. The largest absolute Gasteiger partial charge is 0.344 e. The fourth-order valence-electron chi connectivity index (χ4n) is 3.99. The molecule has 1 atom stereocenters. The maximum absolute atomic E-state index is 13.0. The van der Waals surface area contributed by atoms with E-state index >= 15 is 0 Å². The topological polar surface area (TPSA) is 102 Å². The van der Waals surface area contributed by atoms with E-state index in [1.807, 2.05) is 50.4 Å². The third-order valence-electron chi connectivity index (χ3n) is 5.48. The zero-order chi connectivity index (χ0) is 21.8. The van der Waals surface area contributed by atoms with Crippen LogP contribution in [0.1, 0.15) is 48.2 Å². The van der Waals surface area contributed by atoms with Crippen molar-refractivity contribution in [1.82, 2.24) is 25.1 Å².